The number of hydrogen-bond donors (Lipinski definition) is 3. The highest BCUT2D eigenvalue weighted by Gasteiger charge is 2.42. The third-order valence-corrected chi connectivity index (χ3v) is 20.7. The molecule has 4 aromatic carbocycles. The number of piperazine rings is 3. The van der Waals surface area contributed by atoms with E-state index in [0.717, 1.165) is 38.9 Å². The molecule has 29 heteroatoms. The Hall–Kier alpha value is -11.5. The summed E-state index contributed by atoms with van der Waals surface area (Å²) in [5, 5.41) is 37.4. The number of halogens is 3. The van der Waals surface area contributed by atoms with Gasteiger partial charge in [0.1, 0.15) is 58.9 Å². The summed E-state index contributed by atoms with van der Waals surface area (Å²) in [6.07, 6.45) is 1.96. The Kier molecular flexibility index (Phi) is 25.0. The maximum Gasteiger partial charge on any atom is 0.408 e. The molecule has 114 heavy (non-hydrogen) atoms. The van der Waals surface area contributed by atoms with E-state index in [-0.39, 0.29) is 107 Å². The fourth-order valence-corrected chi connectivity index (χ4v) is 13.9. The summed E-state index contributed by atoms with van der Waals surface area (Å²) in [6, 6.07) is 32.6. The number of hydrogen-bond acceptors (Lipinski definition) is 16. The number of carbonyl (C=O) groups is 7. The average Bonchev–Trinajstić information content (AvgIpc) is 1.63. The van der Waals surface area contributed by atoms with Gasteiger partial charge < -0.3 is 49.7 Å². The number of carbonyl (C=O) groups excluding carboxylic acids is 7. The number of ether oxygens (including phenoxy) is 1. The molecular weight excluding hydrogens is 1460 g/mol. The Balaban J connectivity index is 0.000000170. The van der Waals surface area contributed by atoms with Crippen molar-refractivity contribution in [2.45, 2.75) is 165 Å². The van der Waals surface area contributed by atoms with Crippen LogP contribution in [0.2, 0.25) is 0 Å². The van der Waals surface area contributed by atoms with Crippen LogP contribution in [0.5, 0.6) is 0 Å². The van der Waals surface area contributed by atoms with Crippen LogP contribution in [-0.4, -0.2) is 220 Å². The van der Waals surface area contributed by atoms with Crippen molar-refractivity contribution in [1.82, 2.24) is 78.5 Å². The van der Waals surface area contributed by atoms with Crippen LogP contribution >= 0.6 is 0 Å². The lowest BCUT2D eigenvalue weighted by Gasteiger charge is -2.42. The predicted octanol–water partition coefficient (Wildman–Crippen LogP) is 11.7. The first-order chi connectivity index (χ1) is 53.7. The first-order valence-corrected chi connectivity index (χ1v) is 38.3. The lowest BCUT2D eigenvalue weighted by Crippen LogP contribution is -2.63. The molecule has 10 aromatic rings. The van der Waals surface area contributed by atoms with Crippen molar-refractivity contribution in [2.75, 3.05) is 58.9 Å². The molecule has 5 atom stereocenters. The van der Waals surface area contributed by atoms with Gasteiger partial charge in [0.15, 0.2) is 16.9 Å². The molecule has 3 saturated heterocycles. The van der Waals surface area contributed by atoms with Gasteiger partial charge in [-0.05, 0) is 166 Å². The molecule has 0 unspecified atom stereocenters. The van der Waals surface area contributed by atoms with Gasteiger partial charge in [0.2, 0.25) is 5.91 Å². The van der Waals surface area contributed by atoms with E-state index in [2.05, 4.69) is 35.6 Å². The first-order valence-electron chi connectivity index (χ1n) is 38.3. The smallest absolute Gasteiger partial charge is 0.408 e. The number of fused-ring (bicyclic) bond motifs is 3. The van der Waals surface area contributed by atoms with Crippen molar-refractivity contribution in [2.24, 2.45) is 10.8 Å². The third-order valence-electron chi connectivity index (χ3n) is 20.7. The van der Waals surface area contributed by atoms with E-state index in [1.165, 1.54) is 36.4 Å². The number of benzene rings is 4. The maximum absolute atomic E-state index is 13.6. The van der Waals surface area contributed by atoms with Crippen LogP contribution in [0, 0.1) is 35.2 Å². The van der Waals surface area contributed by atoms with Gasteiger partial charge in [0.25, 0.3) is 29.5 Å². The molecule has 7 amide bonds. The molecule has 3 aliphatic heterocycles. The Labute approximate surface area is 660 Å². The Morgan fingerprint density at radius 3 is 1.15 bits per heavy atom. The van der Waals surface area contributed by atoms with Crippen LogP contribution < -0.4 is 5.32 Å². The van der Waals surface area contributed by atoms with Gasteiger partial charge in [-0.2, -0.15) is 15.3 Å². The summed E-state index contributed by atoms with van der Waals surface area (Å²) in [5.41, 5.74) is 8.04. The molecule has 602 valence electrons. The normalized spacial score (nSPS) is 16.9. The van der Waals surface area contributed by atoms with Crippen LogP contribution in [0.1, 0.15) is 169 Å². The molecule has 6 aromatic heterocycles. The van der Waals surface area contributed by atoms with E-state index in [1.54, 1.807) is 112 Å². The van der Waals surface area contributed by atoms with Gasteiger partial charge in [-0.3, -0.25) is 28.8 Å². The van der Waals surface area contributed by atoms with Crippen molar-refractivity contribution in [1.29, 1.82) is 0 Å². The predicted molar refractivity (Wildman–Crippen MR) is 424 cm³/mol. The van der Waals surface area contributed by atoms with Gasteiger partial charge in [0.05, 0.1) is 35.7 Å². The second-order valence-electron chi connectivity index (χ2n) is 32.9. The van der Waals surface area contributed by atoms with Gasteiger partial charge in [-0.25, -0.2) is 46.5 Å². The average molecular weight is 1560 g/mol. The van der Waals surface area contributed by atoms with E-state index in [0.29, 0.717) is 92.9 Å². The number of aliphatic hydroxyl groups is 2. The summed E-state index contributed by atoms with van der Waals surface area (Å²) in [5.74, 6) is -2.33. The van der Waals surface area contributed by atoms with E-state index in [9.17, 15) is 56.9 Å². The number of aliphatic hydroxyl groups excluding tert-OH is 2. The molecule has 13 rings (SSSR count). The van der Waals surface area contributed by atoms with Gasteiger partial charge in [0, 0.05) is 105 Å². The minimum absolute atomic E-state index is 0.0962. The van der Waals surface area contributed by atoms with Crippen LogP contribution in [0.15, 0.2) is 140 Å². The highest BCUT2D eigenvalue weighted by molar-refractivity contribution is 5.96. The van der Waals surface area contributed by atoms with Crippen LogP contribution in [0.4, 0.5) is 18.0 Å². The number of nitrogens with one attached hydrogen (secondary N) is 1. The number of nitrogens with zero attached hydrogens (tertiary/aromatic N) is 15. The molecule has 0 spiro atoms. The molecular formula is C85H101F3N16O10. The van der Waals surface area contributed by atoms with E-state index < -0.39 is 34.7 Å². The Morgan fingerprint density at radius 1 is 0.474 bits per heavy atom. The van der Waals surface area contributed by atoms with Crippen LogP contribution in [0.25, 0.3) is 50.7 Å². The minimum Gasteiger partial charge on any atom is -0.445 e. The van der Waals surface area contributed by atoms with E-state index in [4.69, 9.17) is 4.74 Å². The van der Waals surface area contributed by atoms with Gasteiger partial charge in [-0.1, -0.05) is 99.6 Å². The summed E-state index contributed by atoms with van der Waals surface area (Å²) in [7, 11) is 0. The standard InChI is InChI=1S/C33H37FN6O4.C27H34FN5O3.C25H30FN5O3/c1-21(2)26-17-27(24-11-13-25(34)14-12-24)37-40-19-28(35-29(26)40)30(41)38-15-16-39(22(3)18-38)31(42)33(4,5)36-32(43)44-20-23-9-7-6-8-10-23;1-16(2)20-13-21(18-7-9-19(28)10-8-18)30-33-15-22(29-24(20)33)25(35)31-11-12-32(17(3)14-31)26(36)23(34)27(4,5)6;1-15-12-19(17-6-8-18(26)9-7-17)28-31-14-20(27-22(15)31)23(33)29-10-11-30(16(2)13-29)24(34)21(32)25(3,4)5/h6-14,17,19,21-22H,15-16,18,20H2,1-5H3,(H,36,43);7-10,13,15-17,23,34H,11-12,14H2,1-6H3;6-9,12,14,16,21,32H,10-11,13H2,1-5H3/t22-;17-,23-;16-,21-/m000/s1. The molecule has 0 radical (unpaired) electrons. The highest BCUT2D eigenvalue weighted by atomic mass is 19.1. The largest absolute Gasteiger partial charge is 0.445 e. The maximum atomic E-state index is 13.6. The van der Waals surface area contributed by atoms with Crippen LogP contribution in [-0.2, 0) is 25.7 Å². The zero-order valence-electron chi connectivity index (χ0n) is 67.4. The molecule has 0 saturated carbocycles. The van der Waals surface area contributed by atoms with Crippen molar-refractivity contribution in [3.8, 4) is 33.8 Å². The summed E-state index contributed by atoms with van der Waals surface area (Å²) in [4.78, 5) is 116. The van der Waals surface area contributed by atoms with Gasteiger partial charge >= 0.3 is 6.09 Å². The van der Waals surface area contributed by atoms with Crippen molar-refractivity contribution >= 4 is 58.5 Å². The van der Waals surface area contributed by atoms with E-state index >= 15 is 0 Å². The molecule has 3 aliphatic rings. The first kappa shape index (κ1) is 83.5. The topological polar surface area (TPSA) is 291 Å². The van der Waals surface area contributed by atoms with E-state index in [1.807, 2.05) is 145 Å². The second kappa shape index (κ2) is 34.1. The molecule has 9 heterocycles. The molecule has 0 aliphatic carbocycles. The Morgan fingerprint density at radius 2 is 0.807 bits per heavy atom. The van der Waals surface area contributed by atoms with Crippen LogP contribution in [0.3, 0.4) is 0 Å². The SMILES string of the molecule is CC(C)c1cc(-c2ccc(F)cc2)nn2cc(C(=O)N3CCN(C(=O)C(C)(C)NC(=O)OCc4ccccc4)[C@@H](C)C3)nc12.CC(C)c1cc(-c2ccc(F)cc2)nn2cc(C(=O)N3CCN(C(=O)[C@H](O)C(C)(C)C)[C@@H](C)C3)nc12.Cc1cc(-c2ccc(F)cc2)nn2cc(C(=O)N3CCN(C(=O)[C@H](O)C(C)(C)C)[C@@H](C)C3)nc12. The van der Waals surface area contributed by atoms with Gasteiger partial charge in [-0.15, -0.1) is 0 Å². The summed E-state index contributed by atoms with van der Waals surface area (Å²) in [6.45, 7) is 33.0. The zero-order valence-corrected chi connectivity index (χ0v) is 67.4. The number of imidazole rings is 3. The monoisotopic (exact) mass is 1560 g/mol. The fraction of sp³-hybridized carbons (Fsp3) is 0.424. The fourth-order valence-electron chi connectivity index (χ4n) is 13.9. The minimum atomic E-state index is -1.21. The number of rotatable bonds is 14. The van der Waals surface area contributed by atoms with Crippen molar-refractivity contribution in [3.63, 3.8) is 0 Å². The van der Waals surface area contributed by atoms with Crippen molar-refractivity contribution in [3.05, 3.63) is 197 Å². The zero-order chi connectivity index (χ0) is 82.7. The lowest BCUT2D eigenvalue weighted by molar-refractivity contribution is -0.150. The summed E-state index contributed by atoms with van der Waals surface area (Å²) >= 11 is 0. The molecule has 0 bridgehead atoms. The highest BCUT2D eigenvalue weighted by Crippen LogP contribution is 2.32. The number of aryl methyl sites for hydroxylation is 1. The number of aromatic nitrogens is 9. The molecule has 3 N–H and O–H groups in total. The Bertz CT molecular complexity index is 5190. The quantitative estimate of drug-likeness (QED) is 0.0911. The van der Waals surface area contributed by atoms with Crippen molar-refractivity contribution < 1.29 is 61.7 Å². The lowest BCUT2D eigenvalue weighted by atomic mass is 9.88. The second-order valence-corrected chi connectivity index (χ2v) is 32.9. The number of alkyl carbamates (subject to hydrolysis) is 1. The third kappa shape index (κ3) is 18.9. The molecule has 26 nitrogen and oxygen atoms in total. The summed E-state index contributed by atoms with van der Waals surface area (Å²) < 4.78 is 50.3. The number of amides is 7. The molecule has 3 fully saturated rings.